The van der Waals surface area contributed by atoms with Crippen LogP contribution in [0.5, 0.6) is 0 Å². The minimum atomic E-state index is -0.902. The molecule has 0 fully saturated rings. The number of aryl methyl sites for hydroxylation is 2. The van der Waals surface area contributed by atoms with Crippen molar-refractivity contribution in [2.45, 2.75) is 26.7 Å². The smallest absolute Gasteiger partial charge is 0.313 e. The lowest BCUT2D eigenvalue weighted by Crippen LogP contribution is -2.17. The van der Waals surface area contributed by atoms with Crippen LogP contribution in [-0.4, -0.2) is 28.5 Å². The van der Waals surface area contributed by atoms with Gasteiger partial charge >= 0.3 is 5.97 Å². The van der Waals surface area contributed by atoms with Gasteiger partial charge in [0.15, 0.2) is 0 Å². The van der Waals surface area contributed by atoms with Gasteiger partial charge in [-0.15, -0.1) is 11.8 Å². The summed E-state index contributed by atoms with van der Waals surface area (Å²) in [5, 5.41) is 11.4. The van der Waals surface area contributed by atoms with Gasteiger partial charge in [0.1, 0.15) is 0 Å². The van der Waals surface area contributed by atoms with Crippen LogP contribution in [0.15, 0.2) is 18.2 Å². The number of hydrogen-bond donors (Lipinski definition) is 2. The molecule has 0 heterocycles. The van der Waals surface area contributed by atoms with E-state index in [-0.39, 0.29) is 17.4 Å². The summed E-state index contributed by atoms with van der Waals surface area (Å²) in [6.07, 6.45) is 1.71. The molecule has 0 aliphatic heterocycles. The van der Waals surface area contributed by atoms with Gasteiger partial charge in [0, 0.05) is 5.69 Å². The predicted octanol–water partition coefficient (Wildman–Crippen LogP) is 2.57. The van der Waals surface area contributed by atoms with E-state index in [1.54, 1.807) is 0 Å². The quantitative estimate of drug-likeness (QED) is 0.806. The van der Waals surface area contributed by atoms with Gasteiger partial charge in [-0.1, -0.05) is 32.0 Å². The monoisotopic (exact) mass is 281 g/mol. The first-order valence-electron chi connectivity index (χ1n) is 6.28. The second kappa shape index (κ2) is 7.84. The maximum atomic E-state index is 11.8. The molecule has 1 rings (SSSR count). The third-order valence-corrected chi connectivity index (χ3v) is 3.64. The van der Waals surface area contributed by atoms with Crippen LogP contribution >= 0.6 is 11.8 Å². The molecular formula is C14H19NO3S. The van der Waals surface area contributed by atoms with Crippen LogP contribution in [0.25, 0.3) is 0 Å². The average molecular weight is 281 g/mol. The van der Waals surface area contributed by atoms with E-state index >= 15 is 0 Å². The predicted molar refractivity (Wildman–Crippen MR) is 78.8 cm³/mol. The number of para-hydroxylation sites is 1. The molecule has 1 amide bonds. The Labute approximate surface area is 117 Å². The number of benzene rings is 1. The molecule has 5 heteroatoms. The number of carbonyl (C=O) groups excluding carboxylic acids is 1. The highest BCUT2D eigenvalue weighted by atomic mass is 32.2. The molecular weight excluding hydrogens is 262 g/mol. The molecule has 0 saturated carbocycles. The number of carboxylic acids is 1. The largest absolute Gasteiger partial charge is 0.481 e. The summed E-state index contributed by atoms with van der Waals surface area (Å²) in [5.74, 6) is -0.945. The van der Waals surface area contributed by atoms with Crippen molar-refractivity contribution in [1.29, 1.82) is 0 Å². The summed E-state index contributed by atoms with van der Waals surface area (Å²) < 4.78 is 0. The Bertz CT molecular complexity index is 438. The van der Waals surface area contributed by atoms with Gasteiger partial charge in [0.25, 0.3) is 0 Å². The van der Waals surface area contributed by atoms with Crippen molar-refractivity contribution < 1.29 is 14.7 Å². The summed E-state index contributed by atoms with van der Waals surface area (Å²) in [5.41, 5.74) is 3.10. The summed E-state index contributed by atoms with van der Waals surface area (Å²) in [4.78, 5) is 22.2. The van der Waals surface area contributed by atoms with Crippen LogP contribution in [0.3, 0.4) is 0 Å². The van der Waals surface area contributed by atoms with Gasteiger partial charge < -0.3 is 10.4 Å². The lowest BCUT2D eigenvalue weighted by molar-refractivity contribution is -0.133. The molecule has 0 spiro atoms. The van der Waals surface area contributed by atoms with Crippen LogP contribution in [0.1, 0.15) is 25.0 Å². The Balaban J connectivity index is 2.69. The first kappa shape index (κ1) is 15.6. The third kappa shape index (κ3) is 4.95. The number of rotatable bonds is 7. The SMILES string of the molecule is CCc1cccc(CC)c1NC(=O)CSCC(=O)O. The summed E-state index contributed by atoms with van der Waals surface area (Å²) in [6.45, 7) is 4.09. The molecule has 19 heavy (non-hydrogen) atoms. The van der Waals surface area contributed by atoms with Gasteiger partial charge in [-0.25, -0.2) is 0 Å². The van der Waals surface area contributed by atoms with Gasteiger partial charge in [-0.05, 0) is 24.0 Å². The molecule has 0 atom stereocenters. The molecule has 104 valence electrons. The maximum absolute atomic E-state index is 11.8. The number of carbonyl (C=O) groups is 2. The Morgan fingerprint density at radius 2 is 1.74 bits per heavy atom. The highest BCUT2D eigenvalue weighted by molar-refractivity contribution is 8.00. The number of amides is 1. The fourth-order valence-corrected chi connectivity index (χ4v) is 2.34. The normalized spacial score (nSPS) is 10.2. The number of carboxylic acid groups (broad SMARTS) is 1. The second-order valence-electron chi connectivity index (χ2n) is 4.09. The van der Waals surface area contributed by atoms with Gasteiger partial charge in [0.05, 0.1) is 11.5 Å². The molecule has 0 bridgehead atoms. The summed E-state index contributed by atoms with van der Waals surface area (Å²) in [7, 11) is 0. The van der Waals surface area contributed by atoms with E-state index in [9.17, 15) is 9.59 Å². The number of hydrogen-bond acceptors (Lipinski definition) is 3. The number of thioether (sulfide) groups is 1. The van der Waals surface area contributed by atoms with E-state index in [0.29, 0.717) is 0 Å². The Morgan fingerprint density at radius 1 is 1.16 bits per heavy atom. The van der Waals surface area contributed by atoms with Crippen molar-refractivity contribution in [3.8, 4) is 0 Å². The fraction of sp³-hybridized carbons (Fsp3) is 0.429. The summed E-state index contributed by atoms with van der Waals surface area (Å²) >= 11 is 1.10. The highest BCUT2D eigenvalue weighted by Gasteiger charge is 2.10. The minimum Gasteiger partial charge on any atom is -0.481 e. The van der Waals surface area contributed by atoms with Crippen LogP contribution < -0.4 is 5.32 Å². The van der Waals surface area contributed by atoms with Crippen LogP contribution in [0, 0.1) is 0 Å². The molecule has 0 aliphatic carbocycles. The standard InChI is InChI=1S/C14H19NO3S/c1-3-10-6-5-7-11(4-2)14(10)15-12(16)8-19-9-13(17)18/h5-7H,3-4,8-9H2,1-2H3,(H,15,16)(H,17,18). The van der Waals surface area contributed by atoms with Crippen molar-refractivity contribution in [2.75, 3.05) is 16.8 Å². The molecule has 4 nitrogen and oxygen atoms in total. The molecule has 0 radical (unpaired) electrons. The molecule has 0 unspecified atom stereocenters. The summed E-state index contributed by atoms with van der Waals surface area (Å²) in [6, 6.07) is 5.99. The topological polar surface area (TPSA) is 66.4 Å². The van der Waals surface area contributed by atoms with Gasteiger partial charge in [0.2, 0.25) is 5.91 Å². The number of anilines is 1. The number of aliphatic carboxylic acids is 1. The van der Waals surface area contributed by atoms with Crippen LogP contribution in [0.2, 0.25) is 0 Å². The molecule has 1 aromatic carbocycles. The molecule has 0 aromatic heterocycles. The molecule has 0 saturated heterocycles. The lowest BCUT2D eigenvalue weighted by atomic mass is 10.0. The maximum Gasteiger partial charge on any atom is 0.313 e. The molecule has 2 N–H and O–H groups in total. The zero-order valence-corrected chi connectivity index (χ0v) is 12.0. The highest BCUT2D eigenvalue weighted by Crippen LogP contribution is 2.22. The fourth-order valence-electron chi connectivity index (χ4n) is 1.81. The van der Waals surface area contributed by atoms with Gasteiger partial charge in [-0.2, -0.15) is 0 Å². The van der Waals surface area contributed by atoms with Crippen molar-refractivity contribution >= 4 is 29.3 Å². The Hall–Kier alpha value is -1.49. The van der Waals surface area contributed by atoms with E-state index in [4.69, 9.17) is 5.11 Å². The van der Waals surface area contributed by atoms with E-state index in [2.05, 4.69) is 5.32 Å². The zero-order chi connectivity index (χ0) is 14.3. The average Bonchev–Trinajstić information content (AvgIpc) is 2.38. The number of nitrogens with one attached hydrogen (secondary N) is 1. The van der Waals surface area contributed by atoms with Crippen molar-refractivity contribution in [2.24, 2.45) is 0 Å². The van der Waals surface area contributed by atoms with Crippen LogP contribution in [0.4, 0.5) is 5.69 Å². The van der Waals surface area contributed by atoms with E-state index < -0.39 is 5.97 Å². The van der Waals surface area contributed by atoms with E-state index in [1.807, 2.05) is 32.0 Å². The zero-order valence-electron chi connectivity index (χ0n) is 11.2. The minimum absolute atomic E-state index is 0.0521. The van der Waals surface area contributed by atoms with Crippen molar-refractivity contribution in [3.63, 3.8) is 0 Å². The Kier molecular flexibility index (Phi) is 6.42. The second-order valence-corrected chi connectivity index (χ2v) is 5.08. The molecule has 1 aromatic rings. The lowest BCUT2D eigenvalue weighted by Gasteiger charge is -2.14. The first-order chi connectivity index (χ1) is 9.08. The van der Waals surface area contributed by atoms with Crippen LogP contribution in [-0.2, 0) is 22.4 Å². The van der Waals surface area contributed by atoms with E-state index in [1.165, 1.54) is 0 Å². The van der Waals surface area contributed by atoms with E-state index in [0.717, 1.165) is 41.4 Å². The first-order valence-corrected chi connectivity index (χ1v) is 7.44. The molecule has 0 aliphatic rings. The van der Waals surface area contributed by atoms with Crippen molar-refractivity contribution in [3.05, 3.63) is 29.3 Å². The Morgan fingerprint density at radius 3 is 2.21 bits per heavy atom. The van der Waals surface area contributed by atoms with Crippen molar-refractivity contribution in [1.82, 2.24) is 0 Å². The third-order valence-electron chi connectivity index (χ3n) is 2.72. The van der Waals surface area contributed by atoms with Gasteiger partial charge in [-0.3, -0.25) is 9.59 Å².